The van der Waals surface area contributed by atoms with Gasteiger partial charge in [-0.05, 0) is 25.0 Å². The van der Waals surface area contributed by atoms with E-state index in [1.165, 1.54) is 12.1 Å². The van der Waals surface area contributed by atoms with Gasteiger partial charge < -0.3 is 9.47 Å². The van der Waals surface area contributed by atoms with Crippen LogP contribution in [0.5, 0.6) is 11.5 Å². The lowest BCUT2D eigenvalue weighted by Crippen LogP contribution is -2.25. The fraction of sp³-hybridized carbons (Fsp3) is 0.400. The molecule has 1 aliphatic carbocycles. The quantitative estimate of drug-likeness (QED) is 0.585. The Labute approximate surface area is 132 Å². The SMILES string of the molecule is CS(=O)(=O)c1c(C(=O)C(C#N)C(=O)C2CC2)ccc2c1OCO2. The van der Waals surface area contributed by atoms with Gasteiger partial charge in [0.1, 0.15) is 4.90 Å². The van der Waals surface area contributed by atoms with Crippen LogP contribution in [0.1, 0.15) is 23.2 Å². The zero-order valence-corrected chi connectivity index (χ0v) is 13.1. The van der Waals surface area contributed by atoms with Crippen molar-refractivity contribution < 1.29 is 27.5 Å². The van der Waals surface area contributed by atoms with E-state index in [0.717, 1.165) is 6.26 Å². The highest BCUT2D eigenvalue weighted by atomic mass is 32.2. The van der Waals surface area contributed by atoms with E-state index >= 15 is 0 Å². The summed E-state index contributed by atoms with van der Waals surface area (Å²) in [5.41, 5.74) is -0.211. The number of benzene rings is 1. The zero-order chi connectivity index (χ0) is 16.8. The van der Waals surface area contributed by atoms with E-state index in [9.17, 15) is 23.3 Å². The Balaban J connectivity index is 2.11. The summed E-state index contributed by atoms with van der Waals surface area (Å²) in [4.78, 5) is 24.4. The molecule has 1 heterocycles. The van der Waals surface area contributed by atoms with E-state index in [-0.39, 0.29) is 34.7 Å². The molecule has 0 spiro atoms. The van der Waals surface area contributed by atoms with Crippen molar-refractivity contribution in [3.63, 3.8) is 0 Å². The summed E-state index contributed by atoms with van der Waals surface area (Å²) in [5.74, 6) is -2.88. The molecule has 8 heteroatoms. The lowest BCUT2D eigenvalue weighted by atomic mass is 9.92. The van der Waals surface area contributed by atoms with Crippen molar-refractivity contribution in [1.82, 2.24) is 0 Å². The van der Waals surface area contributed by atoms with E-state index in [2.05, 4.69) is 0 Å². The van der Waals surface area contributed by atoms with Crippen molar-refractivity contribution in [3.05, 3.63) is 17.7 Å². The van der Waals surface area contributed by atoms with Gasteiger partial charge in [0.15, 0.2) is 38.8 Å². The average molecular weight is 335 g/mol. The largest absolute Gasteiger partial charge is 0.454 e. The molecule has 1 atom stereocenters. The van der Waals surface area contributed by atoms with Crippen molar-refractivity contribution >= 4 is 21.4 Å². The second-order valence-corrected chi connectivity index (χ2v) is 7.50. The summed E-state index contributed by atoms with van der Waals surface area (Å²) in [6.07, 6.45) is 2.25. The second-order valence-electron chi connectivity index (χ2n) is 5.55. The third-order valence-electron chi connectivity index (χ3n) is 3.79. The third-order valence-corrected chi connectivity index (χ3v) is 4.93. The number of carbonyl (C=O) groups is 2. The van der Waals surface area contributed by atoms with Crippen LogP contribution in [0.2, 0.25) is 0 Å². The third kappa shape index (κ3) is 2.68. The molecule has 0 radical (unpaired) electrons. The summed E-state index contributed by atoms with van der Waals surface area (Å²) in [6.45, 7) is -0.155. The van der Waals surface area contributed by atoms with Gasteiger partial charge in [-0.1, -0.05) is 0 Å². The molecule has 0 N–H and O–H groups in total. The van der Waals surface area contributed by atoms with E-state index < -0.39 is 27.3 Å². The Bertz CT molecular complexity index is 847. The molecule has 23 heavy (non-hydrogen) atoms. The molecule has 7 nitrogen and oxygen atoms in total. The van der Waals surface area contributed by atoms with Crippen LogP contribution < -0.4 is 9.47 Å². The predicted octanol–water partition coefficient (Wildman–Crippen LogP) is 1.12. The first-order valence-corrected chi connectivity index (χ1v) is 8.84. The molecule has 0 amide bonds. The first kappa shape index (κ1) is 15.5. The lowest BCUT2D eigenvalue weighted by Gasteiger charge is -2.12. The van der Waals surface area contributed by atoms with Crippen LogP contribution in [0.15, 0.2) is 17.0 Å². The lowest BCUT2D eigenvalue weighted by molar-refractivity contribution is -0.121. The number of Topliss-reactive ketones (excluding diaryl/α,β-unsaturated/α-hetero) is 2. The van der Waals surface area contributed by atoms with Gasteiger partial charge in [-0.3, -0.25) is 9.59 Å². The maximum absolute atomic E-state index is 12.6. The van der Waals surface area contributed by atoms with Crippen LogP contribution in [-0.4, -0.2) is 33.0 Å². The number of rotatable bonds is 5. The highest BCUT2D eigenvalue weighted by Gasteiger charge is 2.41. The van der Waals surface area contributed by atoms with Gasteiger partial charge in [0, 0.05) is 17.7 Å². The molecule has 120 valence electrons. The number of hydrogen-bond acceptors (Lipinski definition) is 7. The minimum absolute atomic E-state index is 0.0473. The number of nitrogens with zero attached hydrogens (tertiary/aromatic N) is 1. The number of carbonyl (C=O) groups excluding carboxylic acids is 2. The van der Waals surface area contributed by atoms with Gasteiger partial charge >= 0.3 is 0 Å². The molecular formula is C15H13NO6S. The Morgan fingerprint density at radius 2 is 2.00 bits per heavy atom. The molecule has 1 aliphatic heterocycles. The monoisotopic (exact) mass is 335 g/mol. The molecule has 0 bridgehead atoms. The predicted molar refractivity (Wildman–Crippen MR) is 76.8 cm³/mol. The van der Waals surface area contributed by atoms with Crippen molar-refractivity contribution in [2.24, 2.45) is 11.8 Å². The van der Waals surface area contributed by atoms with Gasteiger partial charge in [-0.2, -0.15) is 5.26 Å². The fourth-order valence-electron chi connectivity index (χ4n) is 2.52. The highest BCUT2D eigenvalue weighted by Crippen LogP contribution is 2.41. The Morgan fingerprint density at radius 1 is 1.30 bits per heavy atom. The molecule has 0 saturated heterocycles. The van der Waals surface area contributed by atoms with E-state index in [0.29, 0.717) is 12.8 Å². The van der Waals surface area contributed by atoms with Crippen molar-refractivity contribution in [3.8, 4) is 17.6 Å². The molecule has 1 aromatic carbocycles. The Morgan fingerprint density at radius 3 is 2.57 bits per heavy atom. The smallest absolute Gasteiger partial charge is 0.231 e. The summed E-state index contributed by atoms with van der Waals surface area (Å²) in [6, 6.07) is 4.37. The van der Waals surface area contributed by atoms with Crippen LogP contribution >= 0.6 is 0 Å². The summed E-state index contributed by atoms with van der Waals surface area (Å²) >= 11 is 0. The van der Waals surface area contributed by atoms with E-state index in [4.69, 9.17) is 9.47 Å². The van der Waals surface area contributed by atoms with Crippen LogP contribution in [0.3, 0.4) is 0 Å². The molecular weight excluding hydrogens is 322 g/mol. The topological polar surface area (TPSA) is 111 Å². The van der Waals surface area contributed by atoms with Crippen LogP contribution in [0.4, 0.5) is 0 Å². The number of ether oxygens (including phenoxy) is 2. The zero-order valence-electron chi connectivity index (χ0n) is 12.2. The number of ketones is 2. The maximum Gasteiger partial charge on any atom is 0.231 e. The Kier molecular flexibility index (Phi) is 3.60. The summed E-state index contributed by atoms with van der Waals surface area (Å²) < 4.78 is 34.5. The first-order chi connectivity index (χ1) is 10.8. The van der Waals surface area contributed by atoms with Gasteiger partial charge in [0.2, 0.25) is 6.79 Å². The van der Waals surface area contributed by atoms with E-state index in [1.54, 1.807) is 6.07 Å². The number of fused-ring (bicyclic) bond motifs is 1. The maximum atomic E-state index is 12.6. The minimum atomic E-state index is -3.82. The molecule has 1 unspecified atom stereocenters. The molecule has 1 fully saturated rings. The first-order valence-electron chi connectivity index (χ1n) is 6.95. The van der Waals surface area contributed by atoms with E-state index in [1.807, 2.05) is 0 Å². The molecule has 0 aromatic heterocycles. The van der Waals surface area contributed by atoms with Gasteiger partial charge in [-0.25, -0.2) is 8.42 Å². The standard InChI is InChI=1S/C15H13NO6S/c1-23(19,20)15-9(4-5-11-14(15)22-7-21-11)13(18)10(6-16)12(17)8-2-3-8/h4-5,8,10H,2-3,7H2,1H3. The molecule has 2 aliphatic rings. The normalized spacial score (nSPS) is 17.4. The second kappa shape index (κ2) is 5.35. The average Bonchev–Trinajstić information content (AvgIpc) is 3.23. The highest BCUT2D eigenvalue weighted by molar-refractivity contribution is 7.91. The van der Waals surface area contributed by atoms with Crippen molar-refractivity contribution in [2.75, 3.05) is 13.0 Å². The van der Waals surface area contributed by atoms with Crippen LogP contribution in [0.25, 0.3) is 0 Å². The summed E-state index contributed by atoms with van der Waals surface area (Å²) in [7, 11) is -3.82. The minimum Gasteiger partial charge on any atom is -0.454 e. The summed E-state index contributed by atoms with van der Waals surface area (Å²) in [5, 5.41) is 9.19. The van der Waals surface area contributed by atoms with Gasteiger partial charge in [0.25, 0.3) is 0 Å². The fourth-order valence-corrected chi connectivity index (χ4v) is 3.58. The van der Waals surface area contributed by atoms with Gasteiger partial charge in [-0.15, -0.1) is 0 Å². The van der Waals surface area contributed by atoms with Crippen LogP contribution in [-0.2, 0) is 14.6 Å². The number of hydrogen-bond donors (Lipinski definition) is 0. The van der Waals surface area contributed by atoms with Crippen molar-refractivity contribution in [1.29, 1.82) is 5.26 Å². The molecule has 1 aromatic rings. The molecule has 1 saturated carbocycles. The van der Waals surface area contributed by atoms with Crippen LogP contribution in [0, 0.1) is 23.2 Å². The number of nitriles is 1. The number of sulfone groups is 1. The van der Waals surface area contributed by atoms with Gasteiger partial charge in [0.05, 0.1) is 6.07 Å². The molecule has 3 rings (SSSR count). The Hall–Kier alpha value is -2.40. The van der Waals surface area contributed by atoms with Crippen molar-refractivity contribution in [2.45, 2.75) is 17.7 Å².